The number of nitrogens with zero attached hydrogens (tertiary/aromatic N) is 4. The number of carbonyl (C=O) groups is 1. The molecule has 0 radical (unpaired) electrons. The van der Waals surface area contributed by atoms with E-state index in [1.165, 1.54) is 6.07 Å². The molecule has 1 fully saturated rings. The SMILES string of the molecule is O=C(N[C@@H](c1cccc(C(F)(F)F)c1)C1CC1)C1CCc2nnnn2CC1. The minimum Gasteiger partial charge on any atom is -0.349 e. The maximum absolute atomic E-state index is 13.0. The van der Waals surface area contributed by atoms with Gasteiger partial charge in [0.2, 0.25) is 5.91 Å². The number of carbonyl (C=O) groups excluding carboxylic acids is 1. The van der Waals surface area contributed by atoms with E-state index in [9.17, 15) is 18.0 Å². The Kier molecular flexibility index (Phi) is 4.61. The van der Waals surface area contributed by atoms with E-state index in [-0.39, 0.29) is 23.8 Å². The van der Waals surface area contributed by atoms with Crippen LogP contribution in [0.3, 0.4) is 0 Å². The van der Waals surface area contributed by atoms with Crippen LogP contribution in [0.1, 0.15) is 48.7 Å². The number of nitrogens with one attached hydrogen (secondary N) is 1. The van der Waals surface area contributed by atoms with Gasteiger partial charge in [0.25, 0.3) is 0 Å². The number of aryl methyl sites for hydroxylation is 2. The van der Waals surface area contributed by atoms with Crippen molar-refractivity contribution in [1.29, 1.82) is 0 Å². The number of benzene rings is 1. The molecule has 1 aromatic heterocycles. The standard InChI is InChI=1S/C18H20F3N5O/c19-18(20,21)14-3-1-2-13(10-14)16(11-4-5-11)22-17(27)12-6-7-15-23-24-25-26(15)9-8-12/h1-3,10-12,16H,4-9H2,(H,22,27)/t12?,16-/m1/s1. The van der Waals surface area contributed by atoms with Crippen molar-refractivity contribution >= 4 is 5.91 Å². The van der Waals surface area contributed by atoms with Crippen molar-refractivity contribution in [2.24, 2.45) is 11.8 Å². The maximum Gasteiger partial charge on any atom is 0.416 e. The van der Waals surface area contributed by atoms with Crippen LogP contribution in [0.15, 0.2) is 24.3 Å². The Hall–Kier alpha value is -2.45. The normalized spacial score (nSPS) is 21.2. The largest absolute Gasteiger partial charge is 0.416 e. The second-order valence-electron chi connectivity index (χ2n) is 7.29. The molecule has 0 bridgehead atoms. The van der Waals surface area contributed by atoms with Crippen molar-refractivity contribution < 1.29 is 18.0 Å². The average Bonchev–Trinajstić information content (AvgIpc) is 3.42. The molecule has 1 amide bonds. The highest BCUT2D eigenvalue weighted by molar-refractivity contribution is 5.79. The van der Waals surface area contributed by atoms with Crippen LogP contribution in [0.2, 0.25) is 0 Å². The molecule has 0 saturated heterocycles. The van der Waals surface area contributed by atoms with Gasteiger partial charge in [-0.05, 0) is 59.7 Å². The Morgan fingerprint density at radius 1 is 1.22 bits per heavy atom. The van der Waals surface area contributed by atoms with E-state index in [4.69, 9.17) is 0 Å². The topological polar surface area (TPSA) is 72.7 Å². The van der Waals surface area contributed by atoms with Crippen molar-refractivity contribution in [3.63, 3.8) is 0 Å². The molecule has 1 unspecified atom stereocenters. The first kappa shape index (κ1) is 17.9. The predicted molar refractivity (Wildman–Crippen MR) is 89.3 cm³/mol. The van der Waals surface area contributed by atoms with Gasteiger partial charge >= 0.3 is 6.18 Å². The summed E-state index contributed by atoms with van der Waals surface area (Å²) < 4.78 is 40.8. The molecule has 2 heterocycles. The monoisotopic (exact) mass is 379 g/mol. The summed E-state index contributed by atoms with van der Waals surface area (Å²) in [5.41, 5.74) is -0.161. The Labute approximate surface area is 154 Å². The van der Waals surface area contributed by atoms with Crippen LogP contribution in [0.25, 0.3) is 0 Å². The molecule has 1 aliphatic heterocycles. The zero-order valence-electron chi connectivity index (χ0n) is 14.6. The second-order valence-corrected chi connectivity index (χ2v) is 7.29. The van der Waals surface area contributed by atoms with Gasteiger partial charge in [-0.1, -0.05) is 12.1 Å². The minimum atomic E-state index is -4.39. The second kappa shape index (κ2) is 6.94. The molecule has 27 heavy (non-hydrogen) atoms. The van der Waals surface area contributed by atoms with Crippen molar-refractivity contribution in [3.8, 4) is 0 Å². The number of hydrogen-bond acceptors (Lipinski definition) is 4. The van der Waals surface area contributed by atoms with Gasteiger partial charge in [-0.25, -0.2) is 4.68 Å². The molecular formula is C18H20F3N5O. The number of hydrogen-bond donors (Lipinski definition) is 1. The zero-order valence-corrected chi connectivity index (χ0v) is 14.6. The van der Waals surface area contributed by atoms with Crippen molar-refractivity contribution in [1.82, 2.24) is 25.5 Å². The van der Waals surface area contributed by atoms with Crippen molar-refractivity contribution in [2.45, 2.75) is 50.9 Å². The molecule has 1 N–H and O–H groups in total. The predicted octanol–water partition coefficient (Wildman–Crippen LogP) is 2.91. The van der Waals surface area contributed by atoms with Gasteiger partial charge in [-0.3, -0.25) is 4.79 Å². The van der Waals surface area contributed by atoms with Gasteiger partial charge < -0.3 is 5.32 Å². The number of fused-ring (bicyclic) bond motifs is 1. The summed E-state index contributed by atoms with van der Waals surface area (Å²) in [6, 6.07) is 4.91. The lowest BCUT2D eigenvalue weighted by atomic mass is 9.96. The fraction of sp³-hybridized carbons (Fsp3) is 0.556. The third-order valence-corrected chi connectivity index (χ3v) is 5.35. The first-order valence-electron chi connectivity index (χ1n) is 9.14. The van der Waals surface area contributed by atoms with Crippen LogP contribution in [0, 0.1) is 11.8 Å². The number of halogens is 3. The number of aromatic nitrogens is 4. The minimum absolute atomic E-state index is 0.108. The number of alkyl halides is 3. The lowest BCUT2D eigenvalue weighted by Gasteiger charge is -2.23. The molecule has 2 aliphatic rings. The highest BCUT2D eigenvalue weighted by Gasteiger charge is 2.37. The Morgan fingerprint density at radius 2 is 2.04 bits per heavy atom. The molecule has 1 aromatic carbocycles. The number of tetrazole rings is 1. The van der Waals surface area contributed by atoms with Crippen LogP contribution in [-0.2, 0) is 23.9 Å². The van der Waals surface area contributed by atoms with Gasteiger partial charge in [0.05, 0.1) is 11.6 Å². The van der Waals surface area contributed by atoms with Crippen LogP contribution in [0.4, 0.5) is 13.2 Å². The van der Waals surface area contributed by atoms with E-state index < -0.39 is 11.7 Å². The van der Waals surface area contributed by atoms with Gasteiger partial charge in [0, 0.05) is 18.9 Å². The van der Waals surface area contributed by atoms with E-state index >= 15 is 0 Å². The molecule has 6 nitrogen and oxygen atoms in total. The molecule has 2 atom stereocenters. The van der Waals surface area contributed by atoms with Gasteiger partial charge in [0.15, 0.2) is 5.82 Å². The van der Waals surface area contributed by atoms with E-state index in [1.807, 2.05) is 0 Å². The quantitative estimate of drug-likeness (QED) is 0.887. The maximum atomic E-state index is 13.0. The lowest BCUT2D eigenvalue weighted by Crippen LogP contribution is -2.35. The number of rotatable bonds is 4. The first-order valence-corrected chi connectivity index (χ1v) is 9.14. The van der Waals surface area contributed by atoms with E-state index in [0.717, 1.165) is 30.8 Å². The third kappa shape index (κ3) is 3.96. The highest BCUT2D eigenvalue weighted by atomic mass is 19.4. The Morgan fingerprint density at radius 3 is 2.78 bits per heavy atom. The summed E-state index contributed by atoms with van der Waals surface area (Å²) in [4.78, 5) is 12.8. The molecule has 9 heteroatoms. The summed E-state index contributed by atoms with van der Waals surface area (Å²) in [5, 5.41) is 14.5. The molecule has 0 spiro atoms. The zero-order chi connectivity index (χ0) is 19.0. The lowest BCUT2D eigenvalue weighted by molar-refractivity contribution is -0.137. The molecule has 1 aliphatic carbocycles. The summed E-state index contributed by atoms with van der Waals surface area (Å²) in [5.74, 6) is 0.648. The summed E-state index contributed by atoms with van der Waals surface area (Å²) in [7, 11) is 0. The molecule has 2 aromatic rings. The Bertz CT molecular complexity index is 808. The first-order chi connectivity index (χ1) is 12.9. The van der Waals surface area contributed by atoms with Gasteiger partial charge in [-0.2, -0.15) is 13.2 Å². The smallest absolute Gasteiger partial charge is 0.349 e. The summed E-state index contributed by atoms with van der Waals surface area (Å²) in [6.45, 7) is 0.568. The van der Waals surface area contributed by atoms with E-state index in [0.29, 0.717) is 31.4 Å². The third-order valence-electron chi connectivity index (χ3n) is 5.35. The van der Waals surface area contributed by atoms with E-state index in [2.05, 4.69) is 20.8 Å². The molecule has 4 rings (SSSR count). The number of amides is 1. The van der Waals surface area contributed by atoms with Crippen LogP contribution >= 0.6 is 0 Å². The van der Waals surface area contributed by atoms with E-state index in [1.54, 1.807) is 10.7 Å². The van der Waals surface area contributed by atoms with Crippen LogP contribution < -0.4 is 5.32 Å². The highest BCUT2D eigenvalue weighted by Crippen LogP contribution is 2.42. The summed E-state index contributed by atoms with van der Waals surface area (Å²) >= 11 is 0. The van der Waals surface area contributed by atoms with Crippen molar-refractivity contribution in [2.75, 3.05) is 0 Å². The van der Waals surface area contributed by atoms with Crippen LogP contribution in [0.5, 0.6) is 0 Å². The fourth-order valence-electron chi connectivity index (χ4n) is 3.65. The Balaban J connectivity index is 1.48. The fourth-order valence-corrected chi connectivity index (χ4v) is 3.65. The average molecular weight is 379 g/mol. The van der Waals surface area contributed by atoms with Gasteiger partial charge in [-0.15, -0.1) is 5.10 Å². The van der Waals surface area contributed by atoms with Gasteiger partial charge in [0.1, 0.15) is 0 Å². The van der Waals surface area contributed by atoms with Crippen LogP contribution in [-0.4, -0.2) is 26.1 Å². The summed E-state index contributed by atoms with van der Waals surface area (Å²) in [6.07, 6.45) is -0.705. The molecule has 144 valence electrons. The van der Waals surface area contributed by atoms with Crippen molar-refractivity contribution in [3.05, 3.63) is 41.2 Å². The molecular weight excluding hydrogens is 359 g/mol. The molecule has 1 saturated carbocycles.